The first-order valence-electron chi connectivity index (χ1n) is 7.60. The molecule has 1 N–H and O–H groups in total. The zero-order valence-corrected chi connectivity index (χ0v) is 17.1. The van der Waals surface area contributed by atoms with E-state index in [1.807, 2.05) is 36.9 Å². The quantitative estimate of drug-likeness (QED) is 0.450. The molecule has 2 rings (SSSR count). The number of aromatic nitrogens is 1. The highest BCUT2D eigenvalue weighted by molar-refractivity contribution is 14.0. The molecule has 124 valence electrons. The second kappa shape index (κ2) is 8.96. The topological polar surface area (TPSA) is 40.5 Å². The molecular formula is C16H27IN4S. The number of halogens is 1. The van der Waals surface area contributed by atoms with E-state index in [1.165, 1.54) is 0 Å². The minimum atomic E-state index is 0. The monoisotopic (exact) mass is 434 g/mol. The minimum Gasteiger partial charge on any atom is -0.357 e. The van der Waals surface area contributed by atoms with Crippen molar-refractivity contribution < 1.29 is 0 Å². The van der Waals surface area contributed by atoms with E-state index in [4.69, 9.17) is 4.99 Å². The standard InChI is InChI=1S/C16H26N4S.HI/c1-5-17-15(20-9-10-21-16(3,4)12-20)18-11-14-8-6-7-13(2)19-14;/h6-8H,5,9-12H2,1-4H3,(H,17,18);1H. The molecule has 6 heteroatoms. The van der Waals surface area contributed by atoms with Crippen LogP contribution in [0.5, 0.6) is 0 Å². The van der Waals surface area contributed by atoms with Crippen LogP contribution in [0.4, 0.5) is 0 Å². The van der Waals surface area contributed by atoms with Gasteiger partial charge in [-0.2, -0.15) is 11.8 Å². The van der Waals surface area contributed by atoms with Crippen LogP contribution in [0.3, 0.4) is 0 Å². The first-order valence-corrected chi connectivity index (χ1v) is 8.58. The first kappa shape index (κ1) is 19.5. The third-order valence-electron chi connectivity index (χ3n) is 3.40. The van der Waals surface area contributed by atoms with Crippen molar-refractivity contribution in [3.05, 3.63) is 29.6 Å². The van der Waals surface area contributed by atoms with Gasteiger partial charge in [0, 0.05) is 35.8 Å². The molecule has 0 saturated carbocycles. The van der Waals surface area contributed by atoms with E-state index >= 15 is 0 Å². The SMILES string of the molecule is CCNC(=NCc1cccc(C)n1)N1CCSC(C)(C)C1.I. The lowest BCUT2D eigenvalue weighted by molar-refractivity contribution is 0.375. The zero-order chi connectivity index (χ0) is 15.3. The maximum Gasteiger partial charge on any atom is 0.194 e. The Morgan fingerprint density at radius 1 is 1.45 bits per heavy atom. The second-order valence-electron chi connectivity index (χ2n) is 5.97. The van der Waals surface area contributed by atoms with E-state index in [-0.39, 0.29) is 28.7 Å². The van der Waals surface area contributed by atoms with Crippen LogP contribution in [0.15, 0.2) is 23.2 Å². The van der Waals surface area contributed by atoms with Gasteiger partial charge >= 0.3 is 0 Å². The van der Waals surface area contributed by atoms with E-state index in [0.717, 1.165) is 42.7 Å². The van der Waals surface area contributed by atoms with Gasteiger partial charge in [0.2, 0.25) is 0 Å². The average molecular weight is 434 g/mol. The van der Waals surface area contributed by atoms with Gasteiger partial charge in [0.1, 0.15) is 0 Å². The Kier molecular flexibility index (Phi) is 7.96. The van der Waals surface area contributed by atoms with Crippen molar-refractivity contribution in [2.75, 3.05) is 25.4 Å². The van der Waals surface area contributed by atoms with Crippen LogP contribution < -0.4 is 5.32 Å². The Morgan fingerprint density at radius 3 is 2.86 bits per heavy atom. The highest BCUT2D eigenvalue weighted by atomic mass is 127. The minimum absolute atomic E-state index is 0. The molecule has 22 heavy (non-hydrogen) atoms. The van der Waals surface area contributed by atoms with Crippen LogP contribution in [0, 0.1) is 6.92 Å². The fourth-order valence-electron chi connectivity index (χ4n) is 2.47. The molecule has 4 nitrogen and oxygen atoms in total. The number of thioether (sulfide) groups is 1. The molecule has 1 saturated heterocycles. The molecule has 0 aromatic carbocycles. The van der Waals surface area contributed by atoms with Crippen molar-refractivity contribution in [3.63, 3.8) is 0 Å². The summed E-state index contributed by atoms with van der Waals surface area (Å²) >= 11 is 2.04. The largest absolute Gasteiger partial charge is 0.357 e. The third-order valence-corrected chi connectivity index (χ3v) is 4.69. The number of hydrogen-bond acceptors (Lipinski definition) is 3. The Bertz CT molecular complexity index is 505. The summed E-state index contributed by atoms with van der Waals surface area (Å²) in [5.41, 5.74) is 2.07. The Hall–Kier alpha value is -0.500. The lowest BCUT2D eigenvalue weighted by Crippen LogP contribution is -2.50. The summed E-state index contributed by atoms with van der Waals surface area (Å²) < 4.78 is 0.288. The summed E-state index contributed by atoms with van der Waals surface area (Å²) in [6.07, 6.45) is 0. The maximum atomic E-state index is 4.77. The molecule has 1 aliphatic rings. The van der Waals surface area contributed by atoms with Crippen LogP contribution in [-0.4, -0.2) is 46.0 Å². The van der Waals surface area contributed by atoms with Gasteiger partial charge in [0.15, 0.2) is 5.96 Å². The van der Waals surface area contributed by atoms with Crippen LogP contribution in [0.25, 0.3) is 0 Å². The summed E-state index contributed by atoms with van der Waals surface area (Å²) in [6, 6.07) is 6.10. The molecule has 0 amide bonds. The van der Waals surface area contributed by atoms with Gasteiger partial charge < -0.3 is 10.2 Å². The zero-order valence-electron chi connectivity index (χ0n) is 13.9. The van der Waals surface area contributed by atoms with Crippen LogP contribution >= 0.6 is 35.7 Å². The van der Waals surface area contributed by atoms with Crippen LogP contribution in [-0.2, 0) is 6.54 Å². The summed E-state index contributed by atoms with van der Waals surface area (Å²) in [6.45, 7) is 12.3. The molecule has 0 bridgehead atoms. The summed E-state index contributed by atoms with van der Waals surface area (Å²) in [4.78, 5) is 11.7. The molecular weight excluding hydrogens is 407 g/mol. The first-order chi connectivity index (χ1) is 10.00. The number of nitrogens with zero attached hydrogens (tertiary/aromatic N) is 3. The predicted molar refractivity (Wildman–Crippen MR) is 107 cm³/mol. The van der Waals surface area contributed by atoms with Gasteiger partial charge in [0.25, 0.3) is 0 Å². The molecule has 0 aliphatic carbocycles. The second-order valence-corrected chi connectivity index (χ2v) is 7.77. The van der Waals surface area contributed by atoms with Crippen molar-refractivity contribution in [2.24, 2.45) is 4.99 Å². The molecule has 1 aromatic heterocycles. The molecule has 2 heterocycles. The van der Waals surface area contributed by atoms with E-state index in [9.17, 15) is 0 Å². The maximum absolute atomic E-state index is 4.77. The number of pyridine rings is 1. The highest BCUT2D eigenvalue weighted by Crippen LogP contribution is 2.29. The molecule has 0 spiro atoms. The number of nitrogens with one attached hydrogen (secondary N) is 1. The summed E-state index contributed by atoms with van der Waals surface area (Å²) in [7, 11) is 0. The summed E-state index contributed by atoms with van der Waals surface area (Å²) in [5.74, 6) is 2.16. The predicted octanol–water partition coefficient (Wildman–Crippen LogP) is 3.30. The van der Waals surface area contributed by atoms with Gasteiger partial charge in [-0.1, -0.05) is 6.07 Å². The lowest BCUT2D eigenvalue weighted by atomic mass is 10.2. The van der Waals surface area contributed by atoms with Gasteiger partial charge in [-0.25, -0.2) is 4.99 Å². The van der Waals surface area contributed by atoms with Crippen molar-refractivity contribution in [1.82, 2.24) is 15.2 Å². The summed E-state index contributed by atoms with van der Waals surface area (Å²) in [5, 5.41) is 3.41. The normalized spacial score (nSPS) is 17.8. The van der Waals surface area contributed by atoms with E-state index < -0.39 is 0 Å². The van der Waals surface area contributed by atoms with E-state index in [1.54, 1.807) is 0 Å². The number of hydrogen-bond donors (Lipinski definition) is 1. The Labute approximate surface area is 155 Å². The smallest absolute Gasteiger partial charge is 0.194 e. The van der Waals surface area contributed by atoms with Crippen molar-refractivity contribution in [2.45, 2.75) is 39.0 Å². The molecule has 1 aliphatic heterocycles. The lowest BCUT2D eigenvalue weighted by Gasteiger charge is -2.39. The average Bonchev–Trinajstić information content (AvgIpc) is 2.42. The molecule has 0 atom stereocenters. The van der Waals surface area contributed by atoms with Crippen molar-refractivity contribution in [3.8, 4) is 0 Å². The molecule has 1 fully saturated rings. The Morgan fingerprint density at radius 2 is 2.23 bits per heavy atom. The van der Waals surface area contributed by atoms with Crippen molar-refractivity contribution in [1.29, 1.82) is 0 Å². The molecule has 0 unspecified atom stereocenters. The van der Waals surface area contributed by atoms with E-state index in [2.05, 4.69) is 36.0 Å². The van der Waals surface area contributed by atoms with Crippen LogP contribution in [0.1, 0.15) is 32.2 Å². The third kappa shape index (κ3) is 5.95. The van der Waals surface area contributed by atoms with Crippen molar-refractivity contribution >= 4 is 41.7 Å². The molecule has 0 radical (unpaired) electrons. The number of guanidine groups is 1. The van der Waals surface area contributed by atoms with Gasteiger partial charge in [0.05, 0.1) is 12.2 Å². The highest BCUT2D eigenvalue weighted by Gasteiger charge is 2.28. The van der Waals surface area contributed by atoms with Gasteiger partial charge in [-0.15, -0.1) is 24.0 Å². The number of rotatable bonds is 3. The Balaban J connectivity index is 0.00000242. The van der Waals surface area contributed by atoms with Gasteiger partial charge in [-0.3, -0.25) is 4.98 Å². The van der Waals surface area contributed by atoms with Crippen LogP contribution in [0.2, 0.25) is 0 Å². The molecule has 1 aromatic rings. The number of aliphatic imine (C=N–C) groups is 1. The number of aryl methyl sites for hydroxylation is 1. The van der Waals surface area contributed by atoms with Gasteiger partial charge in [-0.05, 0) is 39.8 Å². The fraction of sp³-hybridized carbons (Fsp3) is 0.625. The fourth-order valence-corrected chi connectivity index (χ4v) is 3.58. The van der Waals surface area contributed by atoms with E-state index in [0.29, 0.717) is 6.54 Å².